The number of hydrogen-bond acceptors (Lipinski definition) is 7. The molecule has 3 aliphatic rings. The van der Waals surface area contributed by atoms with Crippen LogP contribution in [-0.4, -0.2) is 85.8 Å². The number of nitrogens with one attached hydrogen (secondary N) is 3. The molecule has 0 saturated carbocycles. The van der Waals surface area contributed by atoms with E-state index in [-0.39, 0.29) is 29.9 Å². The Kier molecular flexibility index (Phi) is 12.0. The second-order valence-electron chi connectivity index (χ2n) is 16.2. The Morgan fingerprint density at radius 3 is 1.61 bits per heavy atom. The van der Waals surface area contributed by atoms with Crippen LogP contribution in [0, 0.1) is 11.8 Å². The normalized spacial score (nSPS) is 18.5. The zero-order valence-electron chi connectivity index (χ0n) is 34.8. The fourth-order valence-electron chi connectivity index (χ4n) is 9.12. The van der Waals surface area contributed by atoms with Gasteiger partial charge in [0.2, 0.25) is 5.91 Å². The number of nitrogens with zero attached hydrogens (tertiary/aromatic N) is 5. The molecule has 4 aromatic carbocycles. The van der Waals surface area contributed by atoms with E-state index in [1.165, 1.54) is 7.11 Å². The van der Waals surface area contributed by atoms with Crippen molar-refractivity contribution in [2.24, 2.45) is 0 Å². The summed E-state index contributed by atoms with van der Waals surface area (Å²) in [7, 11) is 1.29. The van der Waals surface area contributed by atoms with Crippen molar-refractivity contribution in [2.45, 2.75) is 62.7 Å². The van der Waals surface area contributed by atoms with Gasteiger partial charge in [0.15, 0.2) is 0 Å². The lowest BCUT2D eigenvalue weighted by molar-refractivity contribution is -0.138. The van der Waals surface area contributed by atoms with Gasteiger partial charge < -0.3 is 29.8 Å². The maximum absolute atomic E-state index is 14.2. The fourth-order valence-corrected chi connectivity index (χ4v) is 9.12. The van der Waals surface area contributed by atoms with Crippen molar-refractivity contribution in [3.8, 4) is 34.4 Å². The molecule has 3 fully saturated rings. The second kappa shape index (κ2) is 18.3. The number of carbonyl (C=O) groups is 3. The molecule has 0 aliphatic carbocycles. The minimum absolute atomic E-state index is 0.0818. The number of hydrogen-bond donors (Lipinski definition) is 3. The Bertz CT molecular complexity index is 2550. The average molecular weight is 827 g/mol. The van der Waals surface area contributed by atoms with Crippen molar-refractivity contribution in [3.05, 3.63) is 155 Å². The first-order valence-corrected chi connectivity index (χ1v) is 21.6. The van der Waals surface area contributed by atoms with E-state index < -0.39 is 12.1 Å². The topological polar surface area (TPSA) is 140 Å². The summed E-state index contributed by atoms with van der Waals surface area (Å²) < 4.78 is 4.83. The standard InChI is InChI=1S/C50H50N8O4/c1-62-50(61)55-44(38-12-4-2-5-13-38)48(59)57-30-10-16-42(57)46-51-32-40(53-46)36-24-20-34(21-25-36)18-19-35-22-26-37(27-23-35)41-33-52-47(54-41)43-17-11-31-58(43)49(60)45(56-28-8-9-29-56)39-14-6-3-7-15-39/h2-7,12-15,20-27,32-33,42-45H,8-11,16-17,28-31H2,1H3,(H,51,53)(H,52,54)(H,55,61). The Labute approximate surface area is 361 Å². The third-order valence-electron chi connectivity index (χ3n) is 12.3. The van der Waals surface area contributed by atoms with Crippen LogP contribution in [0.2, 0.25) is 0 Å². The molecule has 2 aromatic heterocycles. The van der Waals surface area contributed by atoms with E-state index in [1.807, 2.05) is 108 Å². The molecule has 9 rings (SSSR count). The van der Waals surface area contributed by atoms with Crippen LogP contribution >= 0.6 is 0 Å². The molecule has 5 heterocycles. The Hall–Kier alpha value is -6.97. The zero-order chi connectivity index (χ0) is 42.4. The third kappa shape index (κ3) is 8.62. The smallest absolute Gasteiger partial charge is 0.407 e. The van der Waals surface area contributed by atoms with Crippen LogP contribution in [0.1, 0.15) is 96.6 Å². The molecule has 12 heteroatoms. The zero-order valence-corrected chi connectivity index (χ0v) is 34.8. The lowest BCUT2D eigenvalue weighted by atomic mass is 10.0. The Balaban J connectivity index is 0.835. The van der Waals surface area contributed by atoms with E-state index in [9.17, 15) is 14.4 Å². The largest absolute Gasteiger partial charge is 0.453 e. The van der Waals surface area contributed by atoms with Crippen LogP contribution in [0.15, 0.2) is 122 Å². The lowest BCUT2D eigenvalue weighted by Gasteiger charge is -2.33. The number of H-pyrrole nitrogens is 2. The first kappa shape index (κ1) is 40.4. The van der Waals surface area contributed by atoms with Gasteiger partial charge in [-0.1, -0.05) is 96.8 Å². The van der Waals surface area contributed by atoms with Gasteiger partial charge in [-0.3, -0.25) is 14.5 Å². The van der Waals surface area contributed by atoms with Gasteiger partial charge in [-0.25, -0.2) is 14.8 Å². The molecule has 3 N–H and O–H groups in total. The highest BCUT2D eigenvalue weighted by Gasteiger charge is 2.40. The first-order chi connectivity index (χ1) is 30.4. The molecule has 3 aliphatic heterocycles. The fraction of sp³-hybridized carbons (Fsp3) is 0.300. The predicted octanol–water partition coefficient (Wildman–Crippen LogP) is 8.13. The van der Waals surface area contributed by atoms with E-state index in [1.54, 1.807) is 11.1 Å². The minimum Gasteiger partial charge on any atom is -0.453 e. The SMILES string of the molecule is COC(=O)NC(C(=O)N1CCCC1c1ncc(-c2ccc(C#Cc3ccc(-c4cnc(C5CCCN5C(=O)C(c5ccccc5)N5CCCC5)[nH]4)cc3)cc2)[nH]1)c1ccccc1. The average Bonchev–Trinajstić information content (AvgIpc) is 4.18. The molecular weight excluding hydrogens is 777 g/mol. The number of rotatable bonds is 10. The molecule has 62 heavy (non-hydrogen) atoms. The Morgan fingerprint density at radius 1 is 0.629 bits per heavy atom. The molecule has 3 saturated heterocycles. The number of carbonyl (C=O) groups excluding carboxylic acids is 3. The number of methoxy groups -OCH3 is 1. The minimum atomic E-state index is -0.874. The molecule has 0 spiro atoms. The highest BCUT2D eigenvalue weighted by molar-refractivity contribution is 5.87. The van der Waals surface area contributed by atoms with E-state index in [0.29, 0.717) is 17.9 Å². The monoisotopic (exact) mass is 826 g/mol. The summed E-state index contributed by atoms with van der Waals surface area (Å²) in [6.45, 7) is 3.18. The Morgan fingerprint density at radius 2 is 1.11 bits per heavy atom. The molecule has 4 unspecified atom stereocenters. The molecule has 0 radical (unpaired) electrons. The summed E-state index contributed by atoms with van der Waals surface area (Å²) in [6, 6.07) is 34.1. The summed E-state index contributed by atoms with van der Waals surface area (Å²) >= 11 is 0. The number of imidazole rings is 2. The molecular formula is C50H50N8O4. The van der Waals surface area contributed by atoms with Gasteiger partial charge in [0.05, 0.1) is 43.0 Å². The van der Waals surface area contributed by atoms with E-state index >= 15 is 0 Å². The van der Waals surface area contributed by atoms with Gasteiger partial charge in [0.1, 0.15) is 23.7 Å². The lowest BCUT2D eigenvalue weighted by Crippen LogP contribution is -2.42. The van der Waals surface area contributed by atoms with E-state index in [4.69, 9.17) is 14.7 Å². The van der Waals surface area contributed by atoms with Gasteiger partial charge in [0.25, 0.3) is 5.91 Å². The highest BCUT2D eigenvalue weighted by Crippen LogP contribution is 2.37. The maximum atomic E-state index is 14.2. The number of alkyl carbamates (subject to hydrolysis) is 1. The molecule has 4 atom stereocenters. The van der Waals surface area contributed by atoms with Crippen molar-refractivity contribution in [1.29, 1.82) is 0 Å². The van der Waals surface area contributed by atoms with Crippen LogP contribution < -0.4 is 5.32 Å². The van der Waals surface area contributed by atoms with Gasteiger partial charge in [-0.05, 0) is 98.1 Å². The molecule has 3 amide bonds. The van der Waals surface area contributed by atoms with Crippen molar-refractivity contribution in [3.63, 3.8) is 0 Å². The second-order valence-corrected chi connectivity index (χ2v) is 16.2. The summed E-state index contributed by atoms with van der Waals surface area (Å²) in [5, 5.41) is 2.72. The van der Waals surface area contributed by atoms with Crippen LogP contribution in [0.5, 0.6) is 0 Å². The quantitative estimate of drug-likeness (QED) is 0.119. The van der Waals surface area contributed by atoms with Gasteiger partial charge in [-0.2, -0.15) is 0 Å². The van der Waals surface area contributed by atoms with Gasteiger partial charge in [0, 0.05) is 24.2 Å². The van der Waals surface area contributed by atoms with Gasteiger partial charge >= 0.3 is 6.09 Å². The number of aromatic nitrogens is 4. The van der Waals surface area contributed by atoms with Crippen LogP contribution in [0.4, 0.5) is 4.79 Å². The van der Waals surface area contributed by atoms with E-state index in [2.05, 4.69) is 44.2 Å². The third-order valence-corrected chi connectivity index (χ3v) is 12.3. The first-order valence-electron chi connectivity index (χ1n) is 21.6. The van der Waals surface area contributed by atoms with Crippen LogP contribution in [-0.2, 0) is 14.3 Å². The van der Waals surface area contributed by atoms with Crippen molar-refractivity contribution >= 4 is 17.9 Å². The van der Waals surface area contributed by atoms with Crippen molar-refractivity contribution in [1.82, 2.24) is 40.0 Å². The number of amides is 3. The number of aromatic amines is 2. The van der Waals surface area contributed by atoms with Gasteiger partial charge in [-0.15, -0.1) is 0 Å². The number of ether oxygens (including phenoxy) is 1. The maximum Gasteiger partial charge on any atom is 0.407 e. The molecule has 0 bridgehead atoms. The summed E-state index contributed by atoms with van der Waals surface area (Å²) in [6.07, 6.45) is 8.66. The van der Waals surface area contributed by atoms with E-state index in [0.717, 1.165) is 103 Å². The summed E-state index contributed by atoms with van der Waals surface area (Å²) in [5.41, 5.74) is 7.23. The molecule has 6 aromatic rings. The summed E-state index contributed by atoms with van der Waals surface area (Å²) in [4.78, 5) is 63.0. The van der Waals surface area contributed by atoms with Crippen LogP contribution in [0.3, 0.4) is 0 Å². The molecule has 314 valence electrons. The number of benzene rings is 4. The number of likely N-dealkylation sites (tertiary alicyclic amines) is 3. The molecule has 12 nitrogen and oxygen atoms in total. The van der Waals surface area contributed by atoms with Crippen LogP contribution in [0.25, 0.3) is 22.5 Å². The predicted molar refractivity (Wildman–Crippen MR) is 236 cm³/mol. The van der Waals surface area contributed by atoms with Crippen molar-refractivity contribution in [2.75, 3.05) is 33.3 Å². The highest BCUT2D eigenvalue weighted by atomic mass is 16.5. The van der Waals surface area contributed by atoms with Crippen molar-refractivity contribution < 1.29 is 19.1 Å². The summed E-state index contributed by atoms with van der Waals surface area (Å²) in [5.74, 6) is 8.07.